The van der Waals surface area contributed by atoms with E-state index in [9.17, 15) is 9.90 Å². The monoisotopic (exact) mass is 454 g/mol. The van der Waals surface area contributed by atoms with Crippen LogP contribution in [0.2, 0.25) is 0 Å². The Kier molecular flexibility index (Phi) is 6.63. The molecule has 0 bridgehead atoms. The number of hydrogen-bond acceptors (Lipinski definition) is 3. The molecule has 0 aromatic heterocycles. The van der Waals surface area contributed by atoms with Crippen molar-refractivity contribution in [2.24, 2.45) is 34.8 Å². The second kappa shape index (κ2) is 8.91. The lowest BCUT2D eigenvalue weighted by molar-refractivity contribution is -0.118. The number of amides is 1. The first kappa shape index (κ1) is 24.6. The van der Waals surface area contributed by atoms with Crippen molar-refractivity contribution in [2.75, 3.05) is 6.54 Å². The molecule has 4 heteroatoms. The number of nitrogens with two attached hydrogens (primary N) is 1. The fraction of sp³-hybridized carbons (Fsp3) is 0.759. The molecule has 4 N–H and O–H groups in total. The van der Waals surface area contributed by atoms with E-state index in [1.165, 1.54) is 36.8 Å². The second-order valence-electron chi connectivity index (χ2n) is 13.1. The summed E-state index contributed by atoms with van der Waals surface area (Å²) in [5, 5.41) is 14.7. The Balaban J connectivity index is 1.68. The van der Waals surface area contributed by atoms with Gasteiger partial charge in [-0.05, 0) is 108 Å². The molecule has 3 aliphatic rings. The first-order chi connectivity index (χ1) is 15.4. The van der Waals surface area contributed by atoms with Gasteiger partial charge in [-0.1, -0.05) is 47.6 Å². The van der Waals surface area contributed by atoms with Gasteiger partial charge in [0.05, 0.1) is 0 Å². The van der Waals surface area contributed by atoms with Crippen LogP contribution in [-0.4, -0.2) is 23.6 Å². The lowest BCUT2D eigenvalue weighted by Gasteiger charge is -2.52. The summed E-state index contributed by atoms with van der Waals surface area (Å²) in [5.41, 5.74) is 9.71. The molecule has 0 aliphatic heterocycles. The number of aryl methyl sites for hydroxylation is 1. The SMILES string of the molecule is CC(C)CN[C@H]1CC(CCC(N)=O)C2C3CCc4cc(O)c(C(C)(C)C)cc4C3CC[C@@]21C. The standard InChI is InChI=1S/C29H46N2O2/c1-17(2)16-31-25-14-19(8-10-26(30)33)27-21-9-7-18-13-24(32)23(28(3,4)5)15-22(18)20(21)11-12-29(25,27)6/h13,15,17,19-21,25,27,31-32H,7-12,14,16H2,1-6H3,(H2,30,33)/t19?,20?,21?,25-,27?,29+/m0/s1. The topological polar surface area (TPSA) is 75.3 Å². The minimum atomic E-state index is -0.165. The molecule has 0 spiro atoms. The smallest absolute Gasteiger partial charge is 0.217 e. The highest BCUT2D eigenvalue weighted by Gasteiger charge is 2.58. The summed E-state index contributed by atoms with van der Waals surface area (Å²) < 4.78 is 0. The molecule has 0 saturated heterocycles. The van der Waals surface area contributed by atoms with Crippen LogP contribution in [0.25, 0.3) is 0 Å². The summed E-state index contributed by atoms with van der Waals surface area (Å²) in [6, 6.07) is 4.92. The van der Waals surface area contributed by atoms with Gasteiger partial charge in [-0.15, -0.1) is 0 Å². The molecule has 2 saturated carbocycles. The molecule has 4 nitrogen and oxygen atoms in total. The zero-order chi connectivity index (χ0) is 24.1. The number of fused-ring (bicyclic) bond motifs is 5. The molecule has 0 radical (unpaired) electrons. The number of benzene rings is 1. The van der Waals surface area contributed by atoms with Gasteiger partial charge < -0.3 is 16.2 Å². The van der Waals surface area contributed by atoms with Crippen molar-refractivity contribution in [2.45, 2.75) is 104 Å². The van der Waals surface area contributed by atoms with Crippen molar-refractivity contribution in [1.82, 2.24) is 5.32 Å². The van der Waals surface area contributed by atoms with Gasteiger partial charge in [-0.2, -0.15) is 0 Å². The van der Waals surface area contributed by atoms with Crippen LogP contribution >= 0.6 is 0 Å². The largest absolute Gasteiger partial charge is 0.508 e. The Labute approximate surface area is 201 Å². The fourth-order valence-electron chi connectivity index (χ4n) is 7.82. The zero-order valence-corrected chi connectivity index (χ0v) is 21.7. The maximum absolute atomic E-state index is 11.7. The number of primary amides is 1. The van der Waals surface area contributed by atoms with Crippen molar-refractivity contribution in [3.05, 3.63) is 28.8 Å². The Bertz CT molecular complexity index is 886. The first-order valence-electron chi connectivity index (χ1n) is 13.3. The Morgan fingerprint density at radius 1 is 1.27 bits per heavy atom. The van der Waals surface area contributed by atoms with Gasteiger partial charge in [0.1, 0.15) is 5.75 Å². The molecule has 4 unspecified atom stereocenters. The maximum Gasteiger partial charge on any atom is 0.217 e. The van der Waals surface area contributed by atoms with Gasteiger partial charge in [0.15, 0.2) is 0 Å². The number of phenols is 1. The molecule has 0 heterocycles. The molecule has 4 rings (SSSR count). The molecule has 6 atom stereocenters. The van der Waals surface area contributed by atoms with Crippen LogP contribution in [0.5, 0.6) is 5.75 Å². The summed E-state index contributed by atoms with van der Waals surface area (Å²) in [6.45, 7) is 14.7. The van der Waals surface area contributed by atoms with Crippen molar-refractivity contribution >= 4 is 5.91 Å². The first-order valence-corrected chi connectivity index (χ1v) is 13.3. The van der Waals surface area contributed by atoms with Crippen molar-refractivity contribution in [3.8, 4) is 5.75 Å². The highest BCUT2D eigenvalue weighted by Crippen LogP contribution is 2.63. The van der Waals surface area contributed by atoms with Crippen LogP contribution in [0, 0.1) is 29.1 Å². The van der Waals surface area contributed by atoms with E-state index >= 15 is 0 Å². The van der Waals surface area contributed by atoms with Gasteiger partial charge in [-0.3, -0.25) is 4.79 Å². The molecule has 2 fully saturated rings. The Morgan fingerprint density at radius 2 is 2.00 bits per heavy atom. The highest BCUT2D eigenvalue weighted by atomic mass is 16.3. The number of nitrogens with one attached hydrogen (secondary N) is 1. The number of aromatic hydroxyl groups is 1. The van der Waals surface area contributed by atoms with Crippen molar-refractivity contribution in [3.63, 3.8) is 0 Å². The van der Waals surface area contributed by atoms with Crippen LogP contribution in [0.1, 0.15) is 103 Å². The van der Waals surface area contributed by atoms with Crippen molar-refractivity contribution in [1.29, 1.82) is 0 Å². The average molecular weight is 455 g/mol. The minimum Gasteiger partial charge on any atom is -0.508 e. The van der Waals surface area contributed by atoms with Crippen LogP contribution in [0.4, 0.5) is 0 Å². The van der Waals surface area contributed by atoms with Gasteiger partial charge in [0.2, 0.25) is 5.91 Å². The van der Waals surface area contributed by atoms with Gasteiger partial charge in [0.25, 0.3) is 0 Å². The van der Waals surface area contributed by atoms with E-state index in [2.05, 4.69) is 59.0 Å². The lowest BCUT2D eigenvalue weighted by atomic mass is 9.53. The van der Waals surface area contributed by atoms with Gasteiger partial charge in [0, 0.05) is 12.5 Å². The summed E-state index contributed by atoms with van der Waals surface area (Å²) in [5.74, 6) is 3.32. The van der Waals surface area contributed by atoms with E-state index in [0.29, 0.717) is 47.8 Å². The third-order valence-corrected chi connectivity index (χ3v) is 9.32. The molecule has 33 heavy (non-hydrogen) atoms. The predicted molar refractivity (Wildman–Crippen MR) is 135 cm³/mol. The lowest BCUT2D eigenvalue weighted by Crippen LogP contribution is -2.49. The quantitative estimate of drug-likeness (QED) is 0.520. The molecule has 184 valence electrons. The molecule has 1 amide bonds. The van der Waals surface area contributed by atoms with E-state index in [1.807, 2.05) is 0 Å². The zero-order valence-electron chi connectivity index (χ0n) is 21.7. The van der Waals surface area contributed by atoms with E-state index < -0.39 is 0 Å². The average Bonchev–Trinajstić information content (AvgIpc) is 3.00. The Hall–Kier alpha value is -1.55. The second-order valence-corrected chi connectivity index (χ2v) is 13.1. The summed E-state index contributed by atoms with van der Waals surface area (Å²) >= 11 is 0. The van der Waals surface area contributed by atoms with Crippen LogP contribution < -0.4 is 11.1 Å². The molecular weight excluding hydrogens is 408 g/mol. The third-order valence-electron chi connectivity index (χ3n) is 9.32. The van der Waals surface area contributed by atoms with Crippen LogP contribution in [0.15, 0.2) is 12.1 Å². The van der Waals surface area contributed by atoms with E-state index in [4.69, 9.17) is 5.73 Å². The minimum absolute atomic E-state index is 0.0710. The number of hydrogen-bond donors (Lipinski definition) is 3. The molecule has 3 aliphatic carbocycles. The normalized spacial score (nSPS) is 33.5. The van der Waals surface area contributed by atoms with E-state index in [0.717, 1.165) is 24.9 Å². The summed E-state index contributed by atoms with van der Waals surface area (Å²) in [6.07, 6.45) is 7.29. The number of carbonyl (C=O) groups excluding carboxylic acids is 1. The summed E-state index contributed by atoms with van der Waals surface area (Å²) in [4.78, 5) is 11.7. The Morgan fingerprint density at radius 3 is 2.64 bits per heavy atom. The fourth-order valence-corrected chi connectivity index (χ4v) is 7.82. The third kappa shape index (κ3) is 4.57. The van der Waals surface area contributed by atoms with E-state index in [-0.39, 0.29) is 16.7 Å². The van der Waals surface area contributed by atoms with Crippen molar-refractivity contribution < 1.29 is 9.90 Å². The van der Waals surface area contributed by atoms with Crippen LogP contribution in [-0.2, 0) is 16.6 Å². The highest BCUT2D eigenvalue weighted by molar-refractivity contribution is 5.73. The van der Waals surface area contributed by atoms with E-state index in [1.54, 1.807) is 0 Å². The van der Waals surface area contributed by atoms with Gasteiger partial charge in [-0.25, -0.2) is 0 Å². The maximum atomic E-state index is 11.7. The van der Waals surface area contributed by atoms with Crippen LogP contribution in [0.3, 0.4) is 0 Å². The summed E-state index contributed by atoms with van der Waals surface area (Å²) in [7, 11) is 0. The molecule has 1 aromatic carbocycles. The predicted octanol–water partition coefficient (Wildman–Crippen LogP) is 5.65. The molecular formula is C29H46N2O2. The van der Waals surface area contributed by atoms with Gasteiger partial charge >= 0.3 is 0 Å². The number of phenolic OH excluding ortho intramolecular Hbond substituents is 1. The number of rotatable bonds is 6. The molecule has 1 aromatic rings. The number of carbonyl (C=O) groups is 1.